The van der Waals surface area contributed by atoms with Crippen molar-refractivity contribution in [2.24, 2.45) is 0 Å². The van der Waals surface area contributed by atoms with Crippen molar-refractivity contribution in [2.75, 3.05) is 18.6 Å². The SMILES string of the molecule is CCCCCOc1cccc(C2C(=C(O)c3ccc(OC)cc3)C(=O)C(=O)N2c2nnc(SCc3ccc(F)cc3)s2)c1. The van der Waals surface area contributed by atoms with E-state index in [1.807, 2.05) is 6.07 Å². The third kappa shape index (κ3) is 6.89. The van der Waals surface area contributed by atoms with E-state index in [1.54, 1.807) is 54.6 Å². The van der Waals surface area contributed by atoms with Crippen LogP contribution >= 0.6 is 23.1 Å². The summed E-state index contributed by atoms with van der Waals surface area (Å²) < 4.78 is 25.0. The molecule has 43 heavy (non-hydrogen) atoms. The molecule has 0 spiro atoms. The lowest BCUT2D eigenvalue weighted by Gasteiger charge is -2.23. The van der Waals surface area contributed by atoms with E-state index >= 15 is 0 Å². The summed E-state index contributed by atoms with van der Waals surface area (Å²) in [6.07, 6.45) is 3.01. The number of hydrogen-bond acceptors (Lipinski definition) is 9. The molecule has 222 valence electrons. The van der Waals surface area contributed by atoms with E-state index in [4.69, 9.17) is 9.47 Å². The number of hydrogen-bond donors (Lipinski definition) is 1. The average Bonchev–Trinajstić information content (AvgIpc) is 3.60. The molecule has 1 aromatic heterocycles. The largest absolute Gasteiger partial charge is 0.507 e. The second-order valence-electron chi connectivity index (χ2n) is 9.79. The first-order valence-corrected chi connectivity index (χ1v) is 15.6. The monoisotopic (exact) mass is 619 g/mol. The Labute approximate surface area is 257 Å². The van der Waals surface area contributed by atoms with Crippen LogP contribution in [0.4, 0.5) is 9.52 Å². The highest BCUT2D eigenvalue weighted by molar-refractivity contribution is 8.00. The number of thioether (sulfide) groups is 1. The van der Waals surface area contributed by atoms with Crippen LogP contribution in [-0.2, 0) is 15.3 Å². The molecule has 2 heterocycles. The van der Waals surface area contributed by atoms with Crippen LogP contribution in [0, 0.1) is 5.82 Å². The Balaban J connectivity index is 1.51. The second kappa shape index (κ2) is 13.8. The number of halogens is 1. The van der Waals surface area contributed by atoms with Crippen LogP contribution < -0.4 is 14.4 Å². The van der Waals surface area contributed by atoms with Crippen LogP contribution in [-0.4, -0.2) is 40.7 Å². The van der Waals surface area contributed by atoms with Gasteiger partial charge in [0.15, 0.2) is 4.34 Å². The highest BCUT2D eigenvalue weighted by Gasteiger charge is 2.48. The third-order valence-electron chi connectivity index (χ3n) is 6.88. The Bertz CT molecular complexity index is 1620. The molecule has 1 N–H and O–H groups in total. The fourth-order valence-corrected chi connectivity index (χ4v) is 6.47. The predicted molar refractivity (Wildman–Crippen MR) is 165 cm³/mol. The lowest BCUT2D eigenvalue weighted by atomic mass is 9.95. The summed E-state index contributed by atoms with van der Waals surface area (Å²) in [7, 11) is 1.53. The van der Waals surface area contributed by atoms with Gasteiger partial charge in [0.25, 0.3) is 5.78 Å². The topological polar surface area (TPSA) is 102 Å². The molecule has 4 aromatic rings. The molecule has 1 atom stereocenters. The number of aromatic nitrogens is 2. The number of unbranched alkanes of at least 4 members (excludes halogenated alkanes) is 2. The van der Waals surface area contributed by atoms with Gasteiger partial charge in [-0.15, -0.1) is 10.2 Å². The summed E-state index contributed by atoms with van der Waals surface area (Å²) in [6, 6.07) is 19.0. The lowest BCUT2D eigenvalue weighted by molar-refractivity contribution is -0.132. The van der Waals surface area contributed by atoms with Crippen LogP contribution in [0.1, 0.15) is 48.9 Å². The van der Waals surface area contributed by atoms with Gasteiger partial charge in [0.1, 0.15) is 23.1 Å². The molecular weight excluding hydrogens is 590 g/mol. The molecule has 1 aliphatic heterocycles. The predicted octanol–water partition coefficient (Wildman–Crippen LogP) is 7.17. The minimum atomic E-state index is -0.968. The van der Waals surface area contributed by atoms with Crippen molar-refractivity contribution in [3.63, 3.8) is 0 Å². The number of ether oxygens (including phenoxy) is 2. The summed E-state index contributed by atoms with van der Waals surface area (Å²) in [5.41, 5.74) is 1.79. The molecular formula is C32H30FN3O5S2. The van der Waals surface area contributed by atoms with Crippen molar-refractivity contribution >= 4 is 45.7 Å². The highest BCUT2D eigenvalue weighted by atomic mass is 32.2. The zero-order valence-electron chi connectivity index (χ0n) is 23.7. The van der Waals surface area contributed by atoms with Crippen LogP contribution in [0.2, 0.25) is 0 Å². The van der Waals surface area contributed by atoms with E-state index in [1.165, 1.54) is 35.9 Å². The van der Waals surface area contributed by atoms with Gasteiger partial charge in [-0.05, 0) is 66.1 Å². The van der Waals surface area contributed by atoms with Crippen molar-refractivity contribution in [1.29, 1.82) is 0 Å². The molecule has 0 radical (unpaired) electrons. The maximum absolute atomic E-state index is 13.6. The number of amides is 1. The first-order chi connectivity index (χ1) is 20.9. The van der Waals surface area contributed by atoms with Crippen LogP contribution in [0.5, 0.6) is 11.5 Å². The number of rotatable bonds is 12. The number of nitrogens with zero attached hydrogens (tertiary/aromatic N) is 3. The number of carbonyl (C=O) groups is 2. The first kappa shape index (κ1) is 30.2. The van der Waals surface area contributed by atoms with Gasteiger partial charge < -0.3 is 14.6 Å². The maximum atomic E-state index is 13.6. The van der Waals surface area contributed by atoms with E-state index in [0.29, 0.717) is 39.3 Å². The molecule has 1 amide bonds. The Morgan fingerprint density at radius 3 is 2.51 bits per heavy atom. The van der Waals surface area contributed by atoms with Crippen molar-refractivity contribution in [1.82, 2.24) is 10.2 Å². The summed E-state index contributed by atoms with van der Waals surface area (Å²) in [6.45, 7) is 2.65. The van der Waals surface area contributed by atoms with Crippen molar-refractivity contribution in [2.45, 2.75) is 42.3 Å². The molecule has 11 heteroatoms. The van der Waals surface area contributed by atoms with E-state index in [9.17, 15) is 19.1 Å². The van der Waals surface area contributed by atoms with E-state index in [-0.39, 0.29) is 22.3 Å². The molecule has 0 aliphatic carbocycles. The number of methoxy groups -OCH3 is 1. The van der Waals surface area contributed by atoms with Crippen molar-refractivity contribution in [3.8, 4) is 11.5 Å². The second-order valence-corrected chi connectivity index (χ2v) is 12.0. The molecule has 1 aliphatic rings. The Morgan fingerprint density at radius 2 is 1.79 bits per heavy atom. The fraction of sp³-hybridized carbons (Fsp3) is 0.250. The van der Waals surface area contributed by atoms with Crippen LogP contribution in [0.15, 0.2) is 82.7 Å². The molecule has 1 fully saturated rings. The number of aliphatic hydroxyl groups excluding tert-OH is 1. The summed E-state index contributed by atoms with van der Waals surface area (Å²) in [5.74, 6) is -0.571. The number of benzene rings is 3. The lowest BCUT2D eigenvalue weighted by Crippen LogP contribution is -2.29. The summed E-state index contributed by atoms with van der Waals surface area (Å²) in [5, 5.41) is 20.1. The van der Waals surface area contributed by atoms with E-state index in [0.717, 1.165) is 36.2 Å². The van der Waals surface area contributed by atoms with E-state index in [2.05, 4.69) is 17.1 Å². The van der Waals surface area contributed by atoms with Gasteiger partial charge >= 0.3 is 5.91 Å². The van der Waals surface area contributed by atoms with Gasteiger partial charge in [-0.2, -0.15) is 0 Å². The standard InChI is InChI=1S/C32H30FN3O5S2/c1-3-4-5-17-41-25-8-6-7-22(18-25)27-26(28(37)21-11-15-24(40-2)16-12-21)29(38)30(39)36(27)31-34-35-32(43-31)42-19-20-9-13-23(33)14-10-20/h6-16,18,27,37H,3-5,17,19H2,1-2H3. The first-order valence-electron chi connectivity index (χ1n) is 13.8. The van der Waals surface area contributed by atoms with Gasteiger partial charge in [-0.3, -0.25) is 14.5 Å². The number of ketones is 1. The minimum absolute atomic E-state index is 0.0611. The average molecular weight is 620 g/mol. The van der Waals surface area contributed by atoms with Crippen molar-refractivity contribution in [3.05, 3.63) is 101 Å². The Kier molecular flexibility index (Phi) is 9.73. The van der Waals surface area contributed by atoms with Gasteiger partial charge in [0.2, 0.25) is 5.13 Å². The summed E-state index contributed by atoms with van der Waals surface area (Å²) >= 11 is 2.55. The fourth-order valence-electron chi connectivity index (χ4n) is 4.65. The quantitative estimate of drug-likeness (QED) is 0.0445. The smallest absolute Gasteiger partial charge is 0.301 e. The Hall–Kier alpha value is -4.22. The third-order valence-corrected chi connectivity index (χ3v) is 9.00. The maximum Gasteiger partial charge on any atom is 0.301 e. The number of Topliss-reactive ketones (excluding diaryl/α,β-unsaturated/α-hetero) is 1. The molecule has 0 bridgehead atoms. The molecule has 1 unspecified atom stereocenters. The van der Waals surface area contributed by atoms with Gasteiger partial charge in [0.05, 0.1) is 25.3 Å². The normalized spacial score (nSPS) is 16.1. The zero-order valence-corrected chi connectivity index (χ0v) is 25.3. The molecule has 5 rings (SSSR count). The minimum Gasteiger partial charge on any atom is -0.507 e. The number of carbonyl (C=O) groups excluding carboxylic acids is 2. The molecule has 0 saturated carbocycles. The van der Waals surface area contributed by atoms with Gasteiger partial charge in [-0.25, -0.2) is 4.39 Å². The molecule has 8 nitrogen and oxygen atoms in total. The highest BCUT2D eigenvalue weighted by Crippen LogP contribution is 2.44. The summed E-state index contributed by atoms with van der Waals surface area (Å²) in [4.78, 5) is 28.4. The number of aliphatic hydroxyl groups is 1. The van der Waals surface area contributed by atoms with Gasteiger partial charge in [-0.1, -0.05) is 67.1 Å². The molecule has 3 aromatic carbocycles. The van der Waals surface area contributed by atoms with E-state index < -0.39 is 17.7 Å². The van der Waals surface area contributed by atoms with Gasteiger partial charge in [0, 0.05) is 11.3 Å². The van der Waals surface area contributed by atoms with Crippen LogP contribution in [0.3, 0.4) is 0 Å². The van der Waals surface area contributed by atoms with Crippen LogP contribution in [0.25, 0.3) is 5.76 Å². The van der Waals surface area contributed by atoms with Crippen molar-refractivity contribution < 1.29 is 28.6 Å². The molecule has 1 saturated heterocycles. The zero-order chi connectivity index (χ0) is 30.3. The number of anilines is 1. The Morgan fingerprint density at radius 1 is 1.02 bits per heavy atom.